The zero-order valence-electron chi connectivity index (χ0n) is 8.08. The minimum absolute atomic E-state index is 0.108. The van der Waals surface area contributed by atoms with Crippen LogP contribution in [0.2, 0.25) is 0 Å². The van der Waals surface area contributed by atoms with Crippen LogP contribution in [0, 0.1) is 0 Å². The monoisotopic (exact) mass is 180 g/mol. The lowest BCUT2D eigenvalue weighted by Gasteiger charge is -1.93. The number of hydrogen-bond acceptors (Lipinski definition) is 2. The minimum atomic E-state index is -0.108. The molecule has 2 heteroatoms. The summed E-state index contributed by atoms with van der Waals surface area (Å²) in [5, 5.41) is 0. The van der Waals surface area contributed by atoms with Gasteiger partial charge in [-0.25, -0.2) is 0 Å². The Hall–Kier alpha value is -1.18. The van der Waals surface area contributed by atoms with E-state index < -0.39 is 0 Å². The van der Waals surface area contributed by atoms with Gasteiger partial charge >= 0.3 is 0 Å². The van der Waals surface area contributed by atoms with Crippen molar-refractivity contribution in [3.63, 3.8) is 0 Å². The van der Waals surface area contributed by atoms with E-state index in [0.717, 1.165) is 6.42 Å². The topological polar surface area (TPSA) is 34.1 Å². The first-order valence-electron chi connectivity index (χ1n) is 4.55. The zero-order chi connectivity index (χ0) is 10.1. The fraction of sp³-hybridized carbons (Fsp3) is 0.455. The smallest absolute Gasteiger partial charge is 0.177 e. The lowest BCUT2D eigenvalue weighted by Crippen LogP contribution is -1.95. The predicted molar refractivity (Wildman–Crippen MR) is 53.5 cm³/mol. The Morgan fingerprint density at radius 3 is 2.54 bits per heavy atom. The first-order valence-corrected chi connectivity index (χ1v) is 4.55. The van der Waals surface area contributed by atoms with Gasteiger partial charge in [0.15, 0.2) is 5.78 Å². The van der Waals surface area contributed by atoms with E-state index in [1.807, 2.05) is 6.92 Å². The lowest BCUT2D eigenvalue weighted by atomic mass is 10.1. The Kier molecular flexibility index (Phi) is 6.79. The predicted octanol–water partition coefficient (Wildman–Crippen LogP) is 2.45. The van der Waals surface area contributed by atoms with Gasteiger partial charge < -0.3 is 0 Å². The standard InChI is InChI=1S/C11H16O2/c1-3-7-11(13)9-6-5-8-10(12)4-2/h4-5,8H,2-3,6-7,9H2,1H3. The van der Waals surface area contributed by atoms with Crippen molar-refractivity contribution in [2.45, 2.75) is 32.6 Å². The molecule has 0 amide bonds. The molecule has 0 N–H and O–H groups in total. The Bertz CT molecular complexity index is 214. The summed E-state index contributed by atoms with van der Waals surface area (Å²) in [5.41, 5.74) is 0. The molecule has 0 aromatic rings. The number of ketones is 2. The van der Waals surface area contributed by atoms with E-state index in [9.17, 15) is 9.59 Å². The zero-order valence-corrected chi connectivity index (χ0v) is 8.08. The molecule has 0 aliphatic carbocycles. The molecular formula is C11H16O2. The van der Waals surface area contributed by atoms with Crippen molar-refractivity contribution in [3.8, 4) is 0 Å². The highest BCUT2D eigenvalue weighted by Gasteiger charge is 1.97. The summed E-state index contributed by atoms with van der Waals surface area (Å²) in [7, 11) is 0. The molecule has 0 saturated carbocycles. The second kappa shape index (κ2) is 7.47. The molecule has 0 unspecified atom stereocenters. The molecule has 0 rings (SSSR count). The van der Waals surface area contributed by atoms with E-state index in [4.69, 9.17) is 0 Å². The van der Waals surface area contributed by atoms with Crippen LogP contribution in [0.25, 0.3) is 0 Å². The number of rotatable bonds is 7. The van der Waals surface area contributed by atoms with Crippen LogP contribution in [0.5, 0.6) is 0 Å². The maximum atomic E-state index is 11.0. The van der Waals surface area contributed by atoms with Crippen molar-refractivity contribution in [2.24, 2.45) is 0 Å². The summed E-state index contributed by atoms with van der Waals surface area (Å²) < 4.78 is 0. The molecule has 0 aromatic heterocycles. The number of carbonyl (C=O) groups excluding carboxylic acids is 2. The van der Waals surface area contributed by atoms with Gasteiger partial charge in [-0.1, -0.05) is 19.6 Å². The van der Waals surface area contributed by atoms with Crippen molar-refractivity contribution in [2.75, 3.05) is 0 Å². The third kappa shape index (κ3) is 7.19. The van der Waals surface area contributed by atoms with E-state index in [-0.39, 0.29) is 11.6 Å². The van der Waals surface area contributed by atoms with Crippen LogP contribution in [0.15, 0.2) is 24.8 Å². The summed E-state index contributed by atoms with van der Waals surface area (Å²) >= 11 is 0. The molecule has 2 nitrogen and oxygen atoms in total. The van der Waals surface area contributed by atoms with Gasteiger partial charge in [-0.2, -0.15) is 0 Å². The van der Waals surface area contributed by atoms with Gasteiger partial charge in [0.2, 0.25) is 0 Å². The highest BCUT2D eigenvalue weighted by molar-refractivity contribution is 5.98. The summed E-state index contributed by atoms with van der Waals surface area (Å²) in [5.74, 6) is 0.154. The second-order valence-electron chi connectivity index (χ2n) is 2.84. The molecule has 0 heterocycles. The van der Waals surface area contributed by atoms with Crippen LogP contribution in [0.4, 0.5) is 0 Å². The quantitative estimate of drug-likeness (QED) is 0.564. The number of allylic oxidation sites excluding steroid dienone is 3. The third-order valence-electron chi connectivity index (χ3n) is 1.60. The Morgan fingerprint density at radius 1 is 1.31 bits per heavy atom. The highest BCUT2D eigenvalue weighted by Crippen LogP contribution is 1.99. The molecule has 0 bridgehead atoms. The summed E-state index contributed by atoms with van der Waals surface area (Å²) in [6.45, 7) is 5.32. The van der Waals surface area contributed by atoms with Crippen molar-refractivity contribution >= 4 is 11.6 Å². The third-order valence-corrected chi connectivity index (χ3v) is 1.60. The van der Waals surface area contributed by atoms with Crippen LogP contribution in [-0.2, 0) is 9.59 Å². The van der Waals surface area contributed by atoms with Crippen molar-refractivity contribution in [1.29, 1.82) is 0 Å². The number of hydrogen-bond donors (Lipinski definition) is 0. The van der Waals surface area contributed by atoms with Crippen molar-refractivity contribution in [3.05, 3.63) is 24.8 Å². The fourth-order valence-corrected chi connectivity index (χ4v) is 0.916. The molecule has 0 spiro atoms. The molecule has 0 fully saturated rings. The van der Waals surface area contributed by atoms with Gasteiger partial charge in [0.1, 0.15) is 5.78 Å². The van der Waals surface area contributed by atoms with Gasteiger partial charge in [0.05, 0.1) is 0 Å². The molecule has 0 radical (unpaired) electrons. The molecule has 0 saturated heterocycles. The highest BCUT2D eigenvalue weighted by atomic mass is 16.1. The maximum Gasteiger partial charge on any atom is 0.177 e. The molecule has 0 aliphatic rings. The fourth-order valence-electron chi connectivity index (χ4n) is 0.916. The van der Waals surface area contributed by atoms with Crippen LogP contribution < -0.4 is 0 Å². The minimum Gasteiger partial charge on any atom is -0.300 e. The maximum absolute atomic E-state index is 11.0. The number of carbonyl (C=O) groups is 2. The normalized spacial score (nSPS) is 10.2. The Balaban J connectivity index is 3.55. The van der Waals surface area contributed by atoms with Gasteiger partial charge in [0.25, 0.3) is 0 Å². The van der Waals surface area contributed by atoms with Crippen LogP contribution in [0.3, 0.4) is 0 Å². The SMILES string of the molecule is C=CC(=O)C=CCCC(=O)CCC. The first kappa shape index (κ1) is 11.8. The number of Topliss-reactive ketones (excluding diaryl/α,β-unsaturated/α-hetero) is 1. The second-order valence-corrected chi connectivity index (χ2v) is 2.84. The molecular weight excluding hydrogens is 164 g/mol. The van der Waals surface area contributed by atoms with Gasteiger partial charge in [0, 0.05) is 12.8 Å². The van der Waals surface area contributed by atoms with E-state index >= 15 is 0 Å². The van der Waals surface area contributed by atoms with Gasteiger partial charge in [-0.3, -0.25) is 9.59 Å². The van der Waals surface area contributed by atoms with E-state index in [0.29, 0.717) is 19.3 Å². The summed E-state index contributed by atoms with van der Waals surface area (Å²) in [6, 6.07) is 0. The van der Waals surface area contributed by atoms with E-state index in [1.54, 1.807) is 6.08 Å². The molecule has 0 atom stereocenters. The molecule has 0 aromatic carbocycles. The van der Waals surface area contributed by atoms with E-state index in [2.05, 4.69) is 6.58 Å². The summed E-state index contributed by atoms with van der Waals surface area (Å²) in [4.78, 5) is 21.7. The average molecular weight is 180 g/mol. The van der Waals surface area contributed by atoms with Crippen molar-refractivity contribution < 1.29 is 9.59 Å². The van der Waals surface area contributed by atoms with Gasteiger partial charge in [-0.15, -0.1) is 0 Å². The lowest BCUT2D eigenvalue weighted by molar-refractivity contribution is -0.119. The first-order chi connectivity index (χ1) is 6.20. The largest absolute Gasteiger partial charge is 0.300 e. The van der Waals surface area contributed by atoms with Crippen molar-refractivity contribution in [1.82, 2.24) is 0 Å². The molecule has 72 valence electrons. The van der Waals surface area contributed by atoms with E-state index in [1.165, 1.54) is 12.2 Å². The Labute approximate surface area is 79.3 Å². The van der Waals surface area contributed by atoms with Crippen LogP contribution in [0.1, 0.15) is 32.6 Å². The van der Waals surface area contributed by atoms with Crippen LogP contribution in [-0.4, -0.2) is 11.6 Å². The molecule has 13 heavy (non-hydrogen) atoms. The van der Waals surface area contributed by atoms with Crippen LogP contribution >= 0.6 is 0 Å². The van der Waals surface area contributed by atoms with Gasteiger partial charge in [-0.05, 0) is 25.0 Å². The Morgan fingerprint density at radius 2 is 2.00 bits per heavy atom. The summed E-state index contributed by atoms with van der Waals surface area (Å²) in [6.07, 6.45) is 7.15. The molecule has 0 aliphatic heterocycles. The average Bonchev–Trinajstić information content (AvgIpc) is 2.12.